The summed E-state index contributed by atoms with van der Waals surface area (Å²) in [7, 11) is 1.94. The molecule has 1 aliphatic rings. The Balaban J connectivity index is 1.31. The SMILES string of the molecule is Cn1c(CNC(=O)[C@@H]2CC(=O)N(c3cccc4ccccc34)C2)nc2ccccc21. The number of fused-ring (bicyclic) bond motifs is 2. The molecule has 0 radical (unpaired) electrons. The summed E-state index contributed by atoms with van der Waals surface area (Å²) in [4.78, 5) is 31.8. The Bertz CT molecular complexity index is 1270. The van der Waals surface area contributed by atoms with Gasteiger partial charge in [-0.15, -0.1) is 0 Å². The molecule has 0 unspecified atom stereocenters. The third kappa shape index (κ3) is 3.10. The first-order valence-electron chi connectivity index (χ1n) is 10.1. The van der Waals surface area contributed by atoms with Crippen LogP contribution in [0.25, 0.3) is 21.8 Å². The van der Waals surface area contributed by atoms with Gasteiger partial charge in [-0.05, 0) is 23.6 Å². The molecule has 0 aliphatic carbocycles. The van der Waals surface area contributed by atoms with Gasteiger partial charge >= 0.3 is 0 Å². The minimum Gasteiger partial charge on any atom is -0.349 e. The number of para-hydroxylation sites is 2. The highest BCUT2D eigenvalue weighted by Crippen LogP contribution is 2.31. The third-order valence-electron chi connectivity index (χ3n) is 5.85. The number of aromatic nitrogens is 2. The van der Waals surface area contributed by atoms with E-state index in [4.69, 9.17) is 0 Å². The van der Waals surface area contributed by atoms with Crippen molar-refractivity contribution < 1.29 is 9.59 Å². The maximum Gasteiger partial charge on any atom is 0.227 e. The van der Waals surface area contributed by atoms with Crippen LogP contribution in [0.3, 0.4) is 0 Å². The Labute approximate surface area is 174 Å². The number of anilines is 1. The highest BCUT2D eigenvalue weighted by Gasteiger charge is 2.35. The quantitative estimate of drug-likeness (QED) is 0.573. The predicted octanol–water partition coefficient (Wildman–Crippen LogP) is 3.40. The highest BCUT2D eigenvalue weighted by atomic mass is 16.2. The second-order valence-electron chi connectivity index (χ2n) is 7.70. The molecule has 1 fully saturated rings. The molecule has 150 valence electrons. The van der Waals surface area contributed by atoms with Crippen molar-refractivity contribution in [1.29, 1.82) is 0 Å². The molecule has 0 saturated carbocycles. The van der Waals surface area contributed by atoms with E-state index in [0.717, 1.165) is 33.3 Å². The standard InChI is InChI=1S/C24H22N4O2/c1-27-21-11-5-4-10-19(21)26-22(27)14-25-24(30)17-13-23(29)28(15-17)20-12-6-8-16-7-2-3-9-18(16)20/h2-12,17H,13-15H2,1H3,(H,25,30)/t17-/m1/s1. The van der Waals surface area contributed by atoms with Gasteiger partial charge in [0.15, 0.2) is 0 Å². The lowest BCUT2D eigenvalue weighted by molar-refractivity contribution is -0.126. The van der Waals surface area contributed by atoms with Crippen LogP contribution in [-0.2, 0) is 23.2 Å². The average molecular weight is 398 g/mol. The van der Waals surface area contributed by atoms with Crippen molar-refractivity contribution in [2.24, 2.45) is 13.0 Å². The zero-order valence-corrected chi connectivity index (χ0v) is 16.7. The van der Waals surface area contributed by atoms with Gasteiger partial charge in [-0.25, -0.2) is 4.98 Å². The van der Waals surface area contributed by atoms with E-state index in [1.807, 2.05) is 78.3 Å². The number of amides is 2. The Morgan fingerprint density at radius 2 is 1.83 bits per heavy atom. The molecule has 1 atom stereocenters. The van der Waals surface area contributed by atoms with Gasteiger partial charge in [-0.2, -0.15) is 0 Å². The van der Waals surface area contributed by atoms with Crippen LogP contribution < -0.4 is 10.2 Å². The van der Waals surface area contributed by atoms with Crippen LogP contribution in [0.5, 0.6) is 0 Å². The lowest BCUT2D eigenvalue weighted by Gasteiger charge is -2.19. The fourth-order valence-electron chi connectivity index (χ4n) is 4.22. The van der Waals surface area contributed by atoms with Crippen molar-refractivity contribution in [2.45, 2.75) is 13.0 Å². The van der Waals surface area contributed by atoms with Crippen molar-refractivity contribution in [3.63, 3.8) is 0 Å². The number of hydrogen-bond donors (Lipinski definition) is 1. The van der Waals surface area contributed by atoms with E-state index in [1.54, 1.807) is 4.90 Å². The Kier molecular flexibility index (Phi) is 4.47. The van der Waals surface area contributed by atoms with Crippen molar-refractivity contribution in [1.82, 2.24) is 14.9 Å². The van der Waals surface area contributed by atoms with Crippen molar-refractivity contribution in [3.8, 4) is 0 Å². The van der Waals surface area contributed by atoms with Gasteiger partial charge in [0.25, 0.3) is 0 Å². The molecule has 1 aliphatic heterocycles. The van der Waals surface area contributed by atoms with Crippen LogP contribution >= 0.6 is 0 Å². The summed E-state index contributed by atoms with van der Waals surface area (Å²) in [5.74, 6) is 0.290. The normalized spacial score (nSPS) is 16.5. The molecule has 30 heavy (non-hydrogen) atoms. The maximum absolute atomic E-state index is 12.8. The van der Waals surface area contributed by atoms with Crippen LogP contribution in [-0.4, -0.2) is 27.9 Å². The maximum atomic E-state index is 12.8. The zero-order valence-electron chi connectivity index (χ0n) is 16.7. The summed E-state index contributed by atoms with van der Waals surface area (Å²) < 4.78 is 1.98. The van der Waals surface area contributed by atoms with Crippen LogP contribution in [0.15, 0.2) is 66.7 Å². The molecule has 3 aromatic carbocycles. The Morgan fingerprint density at radius 3 is 2.70 bits per heavy atom. The minimum absolute atomic E-state index is 0.0192. The molecule has 2 amide bonds. The number of carbonyl (C=O) groups excluding carboxylic acids is 2. The second kappa shape index (κ2) is 7.30. The molecule has 6 nitrogen and oxygen atoms in total. The molecule has 6 heteroatoms. The highest BCUT2D eigenvalue weighted by molar-refractivity contribution is 6.07. The summed E-state index contributed by atoms with van der Waals surface area (Å²) >= 11 is 0. The molecule has 1 N–H and O–H groups in total. The molecular formula is C24H22N4O2. The molecule has 2 heterocycles. The average Bonchev–Trinajstić information content (AvgIpc) is 3.32. The second-order valence-corrected chi connectivity index (χ2v) is 7.70. The molecular weight excluding hydrogens is 376 g/mol. The number of imidazole rings is 1. The number of nitrogens with one attached hydrogen (secondary N) is 1. The molecule has 5 rings (SSSR count). The van der Waals surface area contributed by atoms with E-state index in [-0.39, 0.29) is 24.2 Å². The minimum atomic E-state index is -0.369. The van der Waals surface area contributed by atoms with E-state index in [1.165, 1.54) is 0 Å². The molecule has 4 aromatic rings. The van der Waals surface area contributed by atoms with Crippen LogP contribution in [0, 0.1) is 5.92 Å². The number of hydrogen-bond acceptors (Lipinski definition) is 3. The van der Waals surface area contributed by atoms with Crippen LogP contribution in [0.4, 0.5) is 5.69 Å². The van der Waals surface area contributed by atoms with Crippen LogP contribution in [0.2, 0.25) is 0 Å². The summed E-state index contributed by atoms with van der Waals surface area (Å²) in [6, 6.07) is 21.8. The van der Waals surface area contributed by atoms with Gasteiger partial charge in [0, 0.05) is 25.4 Å². The van der Waals surface area contributed by atoms with Crippen molar-refractivity contribution in [3.05, 3.63) is 72.6 Å². The molecule has 0 bridgehead atoms. The van der Waals surface area contributed by atoms with Gasteiger partial charge < -0.3 is 14.8 Å². The Morgan fingerprint density at radius 1 is 1.07 bits per heavy atom. The smallest absolute Gasteiger partial charge is 0.227 e. The fraction of sp³-hybridized carbons (Fsp3) is 0.208. The van der Waals surface area contributed by atoms with E-state index in [9.17, 15) is 9.59 Å². The zero-order chi connectivity index (χ0) is 20.7. The monoisotopic (exact) mass is 398 g/mol. The summed E-state index contributed by atoms with van der Waals surface area (Å²) in [5.41, 5.74) is 2.80. The largest absolute Gasteiger partial charge is 0.349 e. The molecule has 1 aromatic heterocycles. The lowest BCUT2D eigenvalue weighted by atomic mass is 10.1. The summed E-state index contributed by atoms with van der Waals surface area (Å²) in [6.45, 7) is 0.726. The fourth-order valence-corrected chi connectivity index (χ4v) is 4.22. The number of carbonyl (C=O) groups is 2. The number of benzene rings is 3. The van der Waals surface area contributed by atoms with E-state index >= 15 is 0 Å². The van der Waals surface area contributed by atoms with E-state index in [0.29, 0.717) is 13.1 Å². The van der Waals surface area contributed by atoms with Gasteiger partial charge in [0.1, 0.15) is 5.82 Å². The van der Waals surface area contributed by atoms with Gasteiger partial charge in [0.05, 0.1) is 29.2 Å². The van der Waals surface area contributed by atoms with E-state index in [2.05, 4.69) is 10.3 Å². The first kappa shape index (κ1) is 18.4. The number of rotatable bonds is 4. The molecule has 1 saturated heterocycles. The first-order chi connectivity index (χ1) is 14.6. The van der Waals surface area contributed by atoms with Gasteiger partial charge in [-0.1, -0.05) is 48.5 Å². The van der Waals surface area contributed by atoms with Crippen LogP contribution in [0.1, 0.15) is 12.2 Å². The topological polar surface area (TPSA) is 67.2 Å². The summed E-state index contributed by atoms with van der Waals surface area (Å²) in [6.07, 6.45) is 0.220. The van der Waals surface area contributed by atoms with Crippen molar-refractivity contribution >= 4 is 39.3 Å². The summed E-state index contributed by atoms with van der Waals surface area (Å²) in [5, 5.41) is 5.07. The first-order valence-corrected chi connectivity index (χ1v) is 10.1. The van der Waals surface area contributed by atoms with Gasteiger partial charge in [0.2, 0.25) is 11.8 Å². The number of aryl methyl sites for hydroxylation is 1. The van der Waals surface area contributed by atoms with Gasteiger partial charge in [-0.3, -0.25) is 9.59 Å². The third-order valence-corrected chi connectivity index (χ3v) is 5.85. The lowest BCUT2D eigenvalue weighted by Crippen LogP contribution is -2.33. The Hall–Kier alpha value is -3.67. The van der Waals surface area contributed by atoms with Crippen molar-refractivity contribution in [2.75, 3.05) is 11.4 Å². The molecule has 0 spiro atoms. The van der Waals surface area contributed by atoms with E-state index < -0.39 is 0 Å². The number of nitrogens with zero attached hydrogens (tertiary/aromatic N) is 3. The predicted molar refractivity (Wildman–Crippen MR) is 117 cm³/mol.